The van der Waals surface area contributed by atoms with Crippen molar-refractivity contribution in [2.24, 2.45) is 10.7 Å². The molecular formula is C75H127N3O10. The van der Waals surface area contributed by atoms with E-state index in [9.17, 15) is 28.8 Å². The monoisotopic (exact) mass is 1230 g/mol. The molecule has 3 N–H and O–H groups in total. The summed E-state index contributed by atoms with van der Waals surface area (Å²) in [5.41, 5.74) is 5.08. The second kappa shape index (κ2) is 61.0. The number of amides is 1. The zero-order chi connectivity index (χ0) is 63.9. The Morgan fingerprint density at radius 3 is 1.14 bits per heavy atom. The van der Waals surface area contributed by atoms with Gasteiger partial charge in [-0.05, 0) is 133 Å². The van der Waals surface area contributed by atoms with Crippen molar-refractivity contribution in [2.75, 3.05) is 32.9 Å². The molecule has 1 aromatic rings. The lowest BCUT2D eigenvalue weighted by Crippen LogP contribution is -2.50. The van der Waals surface area contributed by atoms with Gasteiger partial charge in [0.25, 0.3) is 5.91 Å². The first kappa shape index (κ1) is 81.1. The van der Waals surface area contributed by atoms with E-state index in [2.05, 4.69) is 67.5 Å². The van der Waals surface area contributed by atoms with Gasteiger partial charge < -0.3 is 34.8 Å². The van der Waals surface area contributed by atoms with E-state index in [0.29, 0.717) is 44.2 Å². The average Bonchev–Trinajstić information content (AvgIpc) is 3.74. The standard InChI is InChI=1S/C75H127N3O10/c1-4-7-10-13-16-19-22-25-28-31-34-37-40-43-46-52-70(80)85-64-75(65-86-71(81)53-47-44-41-38-35-32-29-26-23-20-17-14-11-8-5-2,66-87-72(82)54-48-45-42-39-36-33-30-27-24-21-18-15-12-9-6-3)88-73(83)59-61-77-62-67-55-57-68(58-56-67)74(84)78-60-50-49-51-69(76)63-79/h25-30,55-58,62-63,69H,4-24,31-54,59-61,64-66,76H2,1-3H3,(H,78,84)/b28-25-,29-26-,30-27-,77-62-. The molecule has 502 valence electrons. The van der Waals surface area contributed by atoms with Gasteiger partial charge in [0.1, 0.15) is 26.1 Å². The molecule has 0 saturated carbocycles. The number of nitrogens with zero attached hydrogens (tertiary/aromatic N) is 1. The second-order valence-corrected chi connectivity index (χ2v) is 24.6. The zero-order valence-corrected chi connectivity index (χ0v) is 56.2. The molecule has 88 heavy (non-hydrogen) atoms. The van der Waals surface area contributed by atoms with Crippen molar-refractivity contribution in [1.29, 1.82) is 0 Å². The maximum Gasteiger partial charge on any atom is 0.308 e. The van der Waals surface area contributed by atoms with E-state index < -0.39 is 55.3 Å². The first-order valence-electron chi connectivity index (χ1n) is 35.8. The molecule has 0 aliphatic heterocycles. The van der Waals surface area contributed by atoms with Crippen LogP contribution >= 0.6 is 0 Å². The van der Waals surface area contributed by atoms with Gasteiger partial charge >= 0.3 is 23.9 Å². The third-order valence-corrected chi connectivity index (χ3v) is 16.0. The number of rotatable bonds is 63. The van der Waals surface area contributed by atoms with Crippen molar-refractivity contribution in [2.45, 2.75) is 328 Å². The van der Waals surface area contributed by atoms with Crippen LogP contribution in [-0.4, -0.2) is 86.8 Å². The summed E-state index contributed by atoms with van der Waals surface area (Å²) in [5.74, 6) is -2.32. The first-order valence-corrected chi connectivity index (χ1v) is 35.8. The van der Waals surface area contributed by atoms with E-state index >= 15 is 0 Å². The Labute approximate surface area is 536 Å². The Bertz CT molecular complexity index is 1850. The van der Waals surface area contributed by atoms with Crippen LogP contribution in [0.4, 0.5) is 0 Å². The van der Waals surface area contributed by atoms with Gasteiger partial charge in [-0.25, -0.2) is 0 Å². The van der Waals surface area contributed by atoms with Gasteiger partial charge in [-0.1, -0.05) is 223 Å². The molecule has 1 unspecified atom stereocenters. The van der Waals surface area contributed by atoms with Crippen molar-refractivity contribution >= 4 is 42.3 Å². The lowest BCUT2D eigenvalue weighted by molar-refractivity contribution is -0.196. The number of allylic oxidation sites excluding steroid dienone is 6. The van der Waals surface area contributed by atoms with E-state index in [-0.39, 0.29) is 38.1 Å². The summed E-state index contributed by atoms with van der Waals surface area (Å²) in [6.45, 7) is 5.88. The number of nitrogens with two attached hydrogens (primary N) is 1. The second-order valence-electron chi connectivity index (χ2n) is 24.6. The van der Waals surface area contributed by atoms with E-state index in [1.807, 2.05) is 0 Å². The van der Waals surface area contributed by atoms with E-state index in [1.165, 1.54) is 116 Å². The molecule has 0 fully saturated rings. The molecule has 0 heterocycles. The van der Waals surface area contributed by atoms with Crippen LogP contribution < -0.4 is 11.1 Å². The van der Waals surface area contributed by atoms with Crippen molar-refractivity contribution in [1.82, 2.24) is 5.32 Å². The Morgan fingerprint density at radius 2 is 0.784 bits per heavy atom. The molecule has 0 spiro atoms. The summed E-state index contributed by atoms with van der Waals surface area (Å²) in [6, 6.07) is 6.41. The maximum atomic E-state index is 13.8. The molecular weight excluding hydrogens is 1100 g/mol. The van der Waals surface area contributed by atoms with Gasteiger partial charge in [-0.15, -0.1) is 0 Å². The van der Waals surface area contributed by atoms with E-state index in [4.69, 9.17) is 24.7 Å². The van der Waals surface area contributed by atoms with Gasteiger partial charge in [0.15, 0.2) is 0 Å². The van der Waals surface area contributed by atoms with Crippen molar-refractivity contribution < 1.29 is 47.7 Å². The summed E-state index contributed by atoms with van der Waals surface area (Å²) in [7, 11) is 0. The van der Waals surface area contributed by atoms with Gasteiger partial charge in [-0.2, -0.15) is 0 Å². The van der Waals surface area contributed by atoms with E-state index in [1.54, 1.807) is 30.5 Å². The van der Waals surface area contributed by atoms with Crippen LogP contribution in [-0.2, 0) is 42.9 Å². The molecule has 1 aromatic carbocycles. The summed E-state index contributed by atoms with van der Waals surface area (Å²) in [4.78, 5) is 81.8. The molecule has 13 heteroatoms. The third kappa shape index (κ3) is 51.9. The Hall–Kier alpha value is -4.91. The van der Waals surface area contributed by atoms with Gasteiger partial charge in [0.2, 0.25) is 5.60 Å². The molecule has 1 amide bonds. The zero-order valence-electron chi connectivity index (χ0n) is 56.2. The number of nitrogens with one attached hydrogen (secondary N) is 1. The Morgan fingerprint density at radius 1 is 0.443 bits per heavy atom. The summed E-state index contributed by atoms with van der Waals surface area (Å²) in [6.07, 6.45) is 62.8. The average molecular weight is 1230 g/mol. The molecule has 1 atom stereocenters. The summed E-state index contributed by atoms with van der Waals surface area (Å²) < 4.78 is 23.6. The maximum absolute atomic E-state index is 13.8. The fourth-order valence-electron chi connectivity index (χ4n) is 10.3. The molecule has 0 aliphatic carbocycles. The number of aldehydes is 1. The highest BCUT2D eigenvalue weighted by atomic mass is 16.6. The third-order valence-electron chi connectivity index (χ3n) is 16.0. The fourth-order valence-corrected chi connectivity index (χ4v) is 10.3. The first-order chi connectivity index (χ1) is 43.1. The van der Waals surface area contributed by atoms with Crippen LogP contribution in [0.2, 0.25) is 0 Å². The number of aliphatic imine (C=N–C) groups is 1. The Balaban J connectivity index is 3.01. The number of hydrogen-bond acceptors (Lipinski definition) is 12. The lowest BCUT2D eigenvalue weighted by Gasteiger charge is -2.32. The van der Waals surface area contributed by atoms with Crippen LogP contribution in [0, 0.1) is 0 Å². The van der Waals surface area contributed by atoms with Crippen LogP contribution in [0.25, 0.3) is 0 Å². The van der Waals surface area contributed by atoms with Crippen LogP contribution in [0.3, 0.4) is 0 Å². The highest BCUT2D eigenvalue weighted by Gasteiger charge is 2.40. The summed E-state index contributed by atoms with van der Waals surface area (Å²) in [5, 5.41) is 2.88. The quantitative estimate of drug-likeness (QED) is 0.0158. The molecule has 0 bridgehead atoms. The minimum Gasteiger partial charge on any atom is -0.461 e. The topological polar surface area (TPSA) is 190 Å². The molecule has 0 saturated heterocycles. The van der Waals surface area contributed by atoms with Gasteiger partial charge in [-0.3, -0.25) is 29.0 Å². The molecule has 0 aliphatic rings. The largest absolute Gasteiger partial charge is 0.461 e. The van der Waals surface area contributed by atoms with Gasteiger partial charge in [0.05, 0.1) is 12.5 Å². The predicted molar refractivity (Wildman–Crippen MR) is 364 cm³/mol. The highest BCUT2D eigenvalue weighted by molar-refractivity contribution is 5.95. The number of unbranched alkanes of at least 4 members (excludes halogenated alkanes) is 34. The molecule has 1 rings (SSSR count). The number of hydrogen-bond donors (Lipinski definition) is 2. The number of esters is 4. The number of ether oxygens (including phenoxy) is 4. The van der Waals surface area contributed by atoms with Crippen LogP contribution in [0.5, 0.6) is 0 Å². The summed E-state index contributed by atoms with van der Waals surface area (Å²) >= 11 is 0. The fraction of sp³-hybridized carbons (Fsp3) is 0.747. The SMILES string of the molecule is CCCCCCCC/C=C\CCCCCCCC(=O)OCC(COC(=O)CCCCCCC/C=C\CCCCCCCC)(COC(=O)CCCCCCC/C=C\CCCCCCCC)OC(=O)CC/N=C\c1ccc(C(=O)NCCCCC(N)C=O)cc1. The minimum absolute atomic E-state index is 0.0463. The molecule has 0 radical (unpaired) electrons. The van der Waals surface area contributed by atoms with E-state index in [0.717, 1.165) is 134 Å². The number of carbonyl (C=O) groups is 6. The predicted octanol–water partition coefficient (Wildman–Crippen LogP) is 18.9. The van der Waals surface area contributed by atoms with Crippen molar-refractivity contribution in [3.05, 3.63) is 71.8 Å². The van der Waals surface area contributed by atoms with Crippen LogP contribution in [0.1, 0.15) is 332 Å². The van der Waals surface area contributed by atoms with Gasteiger partial charge in [0, 0.05) is 44.1 Å². The van der Waals surface area contributed by atoms with Crippen LogP contribution in [0.15, 0.2) is 65.7 Å². The van der Waals surface area contributed by atoms with Crippen molar-refractivity contribution in [3.63, 3.8) is 0 Å². The number of benzene rings is 1. The smallest absolute Gasteiger partial charge is 0.308 e. The van der Waals surface area contributed by atoms with Crippen molar-refractivity contribution in [3.8, 4) is 0 Å². The highest BCUT2D eigenvalue weighted by Crippen LogP contribution is 2.21. The lowest BCUT2D eigenvalue weighted by atomic mass is 10.1. The Kier molecular flexibility index (Phi) is 56.2. The molecule has 13 nitrogen and oxygen atoms in total. The normalized spacial score (nSPS) is 12.2. The molecule has 0 aromatic heterocycles. The number of carbonyl (C=O) groups excluding carboxylic acids is 6. The minimum atomic E-state index is -1.78.